The van der Waals surface area contributed by atoms with Gasteiger partial charge in [0.25, 0.3) is 0 Å². The molecule has 0 spiro atoms. The number of carbonyl (C=O) groups is 1. The molecule has 0 unspecified atom stereocenters. The Morgan fingerprint density at radius 1 is 1.47 bits per heavy atom. The van der Waals surface area contributed by atoms with E-state index in [0.29, 0.717) is 13.2 Å². The predicted octanol–water partition coefficient (Wildman–Crippen LogP) is 2.95. The van der Waals surface area contributed by atoms with Crippen LogP contribution in [0.2, 0.25) is 25.7 Å². The maximum absolute atomic E-state index is 11.7. The smallest absolute Gasteiger partial charge is 0.234 e. The van der Waals surface area contributed by atoms with Gasteiger partial charge in [0.1, 0.15) is 11.7 Å². The van der Waals surface area contributed by atoms with Gasteiger partial charge in [0.2, 0.25) is 5.91 Å². The minimum atomic E-state index is -1.04. The largest absolute Gasteiger partial charge is 0.361 e. The second-order valence-electron chi connectivity index (χ2n) is 5.60. The van der Waals surface area contributed by atoms with Crippen molar-refractivity contribution in [1.82, 2.24) is 0 Å². The lowest BCUT2D eigenvalue weighted by Crippen LogP contribution is -2.30. The first-order valence-corrected chi connectivity index (χ1v) is 10.5. The Bertz CT molecular complexity index is 411. The van der Waals surface area contributed by atoms with Crippen LogP contribution in [-0.4, -0.2) is 27.3 Å². The van der Waals surface area contributed by atoms with E-state index >= 15 is 0 Å². The van der Waals surface area contributed by atoms with Crippen LogP contribution in [-0.2, 0) is 16.0 Å². The molecule has 2 rings (SSSR count). The van der Waals surface area contributed by atoms with Gasteiger partial charge in [-0.05, 0) is 23.1 Å². The Labute approximate surface area is 107 Å². The van der Waals surface area contributed by atoms with E-state index in [2.05, 4.69) is 19.6 Å². The first kappa shape index (κ1) is 12.8. The van der Waals surface area contributed by atoms with Crippen LogP contribution in [0.1, 0.15) is 5.56 Å². The number of anilines is 1. The highest BCUT2D eigenvalue weighted by Crippen LogP contribution is 2.34. The van der Waals surface area contributed by atoms with E-state index < -0.39 is 8.07 Å². The molecule has 17 heavy (non-hydrogen) atoms. The number of thiophene rings is 1. The Morgan fingerprint density at radius 3 is 2.94 bits per heavy atom. The summed E-state index contributed by atoms with van der Waals surface area (Å²) < 4.78 is 5.64. The van der Waals surface area contributed by atoms with Crippen LogP contribution in [0.5, 0.6) is 0 Å². The summed E-state index contributed by atoms with van der Waals surface area (Å²) in [5, 5.41) is 3.11. The lowest BCUT2D eigenvalue weighted by atomic mass is 10.3. The molecular formula is C12H19NO2SSi. The van der Waals surface area contributed by atoms with Gasteiger partial charge in [-0.25, -0.2) is 0 Å². The van der Waals surface area contributed by atoms with E-state index in [4.69, 9.17) is 4.74 Å². The zero-order valence-corrected chi connectivity index (χ0v) is 12.5. The zero-order valence-electron chi connectivity index (χ0n) is 10.7. The standard InChI is InChI=1S/C12H19NO2SSi/c1-17(2,3)7-5-15-9-13-11(14)8-10-4-6-16-12(10)13/h4,6H,5,7-9H2,1-3H3. The molecule has 0 N–H and O–H groups in total. The number of nitrogens with zero attached hydrogens (tertiary/aromatic N) is 1. The van der Waals surface area contributed by atoms with Gasteiger partial charge in [0.05, 0.1) is 6.42 Å². The summed E-state index contributed by atoms with van der Waals surface area (Å²) in [7, 11) is -1.04. The van der Waals surface area contributed by atoms with Crippen molar-refractivity contribution in [2.45, 2.75) is 32.1 Å². The maximum Gasteiger partial charge on any atom is 0.234 e. The van der Waals surface area contributed by atoms with Crippen LogP contribution in [0.4, 0.5) is 5.00 Å². The van der Waals surface area contributed by atoms with E-state index in [1.165, 1.54) is 0 Å². The summed E-state index contributed by atoms with van der Waals surface area (Å²) in [6, 6.07) is 3.17. The van der Waals surface area contributed by atoms with Crippen molar-refractivity contribution in [3.63, 3.8) is 0 Å². The molecule has 3 nitrogen and oxygen atoms in total. The Morgan fingerprint density at radius 2 is 2.24 bits per heavy atom. The van der Waals surface area contributed by atoms with Crippen molar-refractivity contribution in [2.24, 2.45) is 0 Å². The summed E-state index contributed by atoms with van der Waals surface area (Å²) in [4.78, 5) is 13.5. The fourth-order valence-corrected chi connectivity index (χ4v) is 3.43. The third-order valence-corrected chi connectivity index (χ3v) is 5.51. The number of amides is 1. The molecule has 0 saturated heterocycles. The minimum Gasteiger partial charge on any atom is -0.361 e. The summed E-state index contributed by atoms with van der Waals surface area (Å²) in [6.07, 6.45) is 0.538. The minimum absolute atomic E-state index is 0.167. The Balaban J connectivity index is 1.82. The van der Waals surface area contributed by atoms with Gasteiger partial charge < -0.3 is 4.74 Å². The van der Waals surface area contributed by atoms with Crippen LogP contribution in [0.15, 0.2) is 11.4 Å². The average Bonchev–Trinajstić information content (AvgIpc) is 2.73. The van der Waals surface area contributed by atoms with Crippen LogP contribution in [0.25, 0.3) is 0 Å². The highest BCUT2D eigenvalue weighted by Gasteiger charge is 2.28. The Hall–Kier alpha value is -0.653. The monoisotopic (exact) mass is 269 g/mol. The van der Waals surface area contributed by atoms with Gasteiger partial charge in [0, 0.05) is 14.7 Å². The van der Waals surface area contributed by atoms with E-state index in [1.807, 2.05) is 11.4 Å². The highest BCUT2D eigenvalue weighted by atomic mass is 32.1. The van der Waals surface area contributed by atoms with Crippen molar-refractivity contribution in [2.75, 3.05) is 18.2 Å². The first-order valence-electron chi connectivity index (χ1n) is 5.92. The summed E-state index contributed by atoms with van der Waals surface area (Å²) in [5.74, 6) is 0.167. The number of hydrogen-bond acceptors (Lipinski definition) is 3. The van der Waals surface area contributed by atoms with Crippen LogP contribution in [0.3, 0.4) is 0 Å². The summed E-state index contributed by atoms with van der Waals surface area (Å²) >= 11 is 1.62. The number of hydrogen-bond donors (Lipinski definition) is 0. The van der Waals surface area contributed by atoms with Crippen molar-refractivity contribution in [1.29, 1.82) is 0 Å². The van der Waals surface area contributed by atoms with Crippen molar-refractivity contribution in [3.8, 4) is 0 Å². The third-order valence-electron chi connectivity index (χ3n) is 2.83. The molecule has 0 fully saturated rings. The maximum atomic E-state index is 11.7. The molecule has 1 aliphatic heterocycles. The normalized spacial score (nSPS) is 15.5. The van der Waals surface area contributed by atoms with Gasteiger partial charge in [-0.15, -0.1) is 11.3 Å². The molecule has 0 saturated carbocycles. The van der Waals surface area contributed by atoms with Gasteiger partial charge in [0.15, 0.2) is 0 Å². The van der Waals surface area contributed by atoms with E-state index in [9.17, 15) is 4.79 Å². The molecule has 0 bridgehead atoms. The fourth-order valence-electron chi connectivity index (χ4n) is 1.74. The molecule has 94 valence electrons. The molecule has 0 atom stereocenters. The number of ether oxygens (including phenoxy) is 1. The average molecular weight is 269 g/mol. The topological polar surface area (TPSA) is 29.5 Å². The summed E-state index contributed by atoms with van der Waals surface area (Å²) in [5.41, 5.74) is 1.15. The van der Waals surface area contributed by atoms with E-state index in [1.54, 1.807) is 16.2 Å². The first-order chi connectivity index (χ1) is 7.97. The van der Waals surface area contributed by atoms with Crippen LogP contribution >= 0.6 is 11.3 Å². The predicted molar refractivity (Wildman–Crippen MR) is 74.5 cm³/mol. The number of rotatable bonds is 5. The lowest BCUT2D eigenvalue weighted by molar-refractivity contribution is -0.118. The Kier molecular flexibility index (Phi) is 3.70. The number of carbonyl (C=O) groups excluding carboxylic acids is 1. The summed E-state index contributed by atoms with van der Waals surface area (Å²) in [6.45, 7) is 8.16. The van der Waals surface area contributed by atoms with Gasteiger partial charge >= 0.3 is 0 Å². The van der Waals surface area contributed by atoms with Crippen molar-refractivity contribution < 1.29 is 9.53 Å². The van der Waals surface area contributed by atoms with Gasteiger partial charge in [-0.1, -0.05) is 19.6 Å². The van der Waals surface area contributed by atoms with Gasteiger partial charge in [-0.3, -0.25) is 9.69 Å². The van der Waals surface area contributed by atoms with Crippen LogP contribution < -0.4 is 4.90 Å². The molecule has 0 radical (unpaired) electrons. The molecule has 2 heterocycles. The van der Waals surface area contributed by atoms with Crippen molar-refractivity contribution in [3.05, 3.63) is 17.0 Å². The number of fused-ring (bicyclic) bond motifs is 1. The molecule has 1 aromatic rings. The molecule has 0 aromatic carbocycles. The second-order valence-corrected chi connectivity index (χ2v) is 12.1. The van der Waals surface area contributed by atoms with Crippen molar-refractivity contribution >= 4 is 30.3 Å². The molecule has 1 amide bonds. The van der Waals surface area contributed by atoms with E-state index in [-0.39, 0.29) is 5.91 Å². The SMILES string of the molecule is C[Si](C)(C)CCOCN1C(=O)Cc2ccsc21. The molecule has 0 aliphatic carbocycles. The fraction of sp³-hybridized carbons (Fsp3) is 0.583. The third kappa shape index (κ3) is 3.17. The molecule has 5 heteroatoms. The van der Waals surface area contributed by atoms with Gasteiger partial charge in [-0.2, -0.15) is 0 Å². The van der Waals surface area contributed by atoms with Crippen LogP contribution in [0, 0.1) is 0 Å². The molecule has 1 aromatic heterocycles. The second kappa shape index (κ2) is 4.92. The lowest BCUT2D eigenvalue weighted by Gasteiger charge is -2.19. The molecular weight excluding hydrogens is 250 g/mol. The quantitative estimate of drug-likeness (QED) is 0.607. The van der Waals surface area contributed by atoms with E-state index in [0.717, 1.165) is 23.2 Å². The zero-order chi connectivity index (χ0) is 12.5. The highest BCUT2D eigenvalue weighted by molar-refractivity contribution is 7.14. The molecule has 1 aliphatic rings.